The Morgan fingerprint density at radius 1 is 0.792 bits per heavy atom. The molecule has 24 heavy (non-hydrogen) atoms. The zero-order chi connectivity index (χ0) is 17.3. The van der Waals surface area contributed by atoms with Crippen LogP contribution in [-0.2, 0) is 9.59 Å². The number of carbonyl (C=O) groups is 2. The molecule has 0 aliphatic carbocycles. The predicted molar refractivity (Wildman–Crippen MR) is 102 cm³/mol. The summed E-state index contributed by atoms with van der Waals surface area (Å²) in [6.45, 7) is 0. The molecule has 136 valence electrons. The van der Waals surface area contributed by atoms with E-state index < -0.39 is 0 Å². The van der Waals surface area contributed by atoms with Crippen molar-refractivity contribution in [2.24, 2.45) is 4.99 Å². The molecule has 0 saturated carbocycles. The smallest absolute Gasteiger partial charge is 0.162 e. The number of unbranched alkanes of at least 4 members (excludes halogenated alkanes) is 13. The zero-order valence-corrected chi connectivity index (χ0v) is 15.3. The third-order valence-electron chi connectivity index (χ3n) is 4.63. The van der Waals surface area contributed by atoms with E-state index in [1.54, 1.807) is 12.3 Å². The molecular formula is C21H35NO2. The Kier molecular flexibility index (Phi) is 13.2. The van der Waals surface area contributed by atoms with Gasteiger partial charge in [-0.25, -0.2) is 0 Å². The van der Waals surface area contributed by atoms with Crippen LogP contribution in [0.5, 0.6) is 0 Å². The minimum Gasteiger partial charge on any atom is -0.303 e. The lowest BCUT2D eigenvalue weighted by Gasteiger charge is -2.06. The molecule has 0 fully saturated rings. The van der Waals surface area contributed by atoms with Gasteiger partial charge < -0.3 is 4.79 Å². The van der Waals surface area contributed by atoms with E-state index in [0.29, 0.717) is 6.42 Å². The standard InChI is InChI=1S/C21H35NO2/c23-18-14-12-10-8-6-4-2-1-3-5-7-9-11-13-15-20-19-21(24)16-17-22-20/h17-19H,1-16H2. The van der Waals surface area contributed by atoms with Gasteiger partial charge in [-0.05, 0) is 19.3 Å². The average molecular weight is 334 g/mol. The molecule has 0 aromatic rings. The molecule has 0 bridgehead atoms. The van der Waals surface area contributed by atoms with Crippen LogP contribution in [0.3, 0.4) is 0 Å². The second-order valence-corrected chi connectivity index (χ2v) is 6.92. The molecule has 0 atom stereocenters. The Morgan fingerprint density at radius 2 is 1.29 bits per heavy atom. The van der Waals surface area contributed by atoms with Crippen molar-refractivity contribution in [1.29, 1.82) is 0 Å². The Hall–Kier alpha value is -1.25. The van der Waals surface area contributed by atoms with Crippen LogP contribution in [0.2, 0.25) is 0 Å². The third-order valence-corrected chi connectivity index (χ3v) is 4.63. The van der Waals surface area contributed by atoms with E-state index in [1.165, 1.54) is 70.6 Å². The van der Waals surface area contributed by atoms with E-state index in [9.17, 15) is 9.59 Å². The number of allylic oxidation sites excluding steroid dienone is 2. The monoisotopic (exact) mass is 333 g/mol. The van der Waals surface area contributed by atoms with Gasteiger partial charge in [-0.1, -0.05) is 70.6 Å². The molecule has 3 heteroatoms. The van der Waals surface area contributed by atoms with Crippen LogP contribution in [0.4, 0.5) is 0 Å². The molecule has 0 radical (unpaired) electrons. The first kappa shape index (κ1) is 20.8. The minimum absolute atomic E-state index is 0.195. The average Bonchev–Trinajstić information content (AvgIpc) is 2.58. The number of aldehydes is 1. The van der Waals surface area contributed by atoms with Gasteiger partial charge in [-0.15, -0.1) is 0 Å². The maximum Gasteiger partial charge on any atom is 0.162 e. The van der Waals surface area contributed by atoms with Gasteiger partial charge in [0.1, 0.15) is 6.29 Å². The van der Waals surface area contributed by atoms with E-state index in [2.05, 4.69) is 4.99 Å². The summed E-state index contributed by atoms with van der Waals surface area (Å²) in [5.74, 6) is 0.195. The number of rotatable bonds is 16. The highest BCUT2D eigenvalue weighted by atomic mass is 16.1. The highest BCUT2D eigenvalue weighted by molar-refractivity contribution is 6.01. The van der Waals surface area contributed by atoms with Crippen molar-refractivity contribution in [2.75, 3.05) is 0 Å². The predicted octanol–water partition coefficient (Wildman–Crippen LogP) is 5.96. The maximum absolute atomic E-state index is 11.3. The third kappa shape index (κ3) is 12.2. The van der Waals surface area contributed by atoms with E-state index in [-0.39, 0.29) is 5.78 Å². The maximum atomic E-state index is 11.3. The highest BCUT2D eigenvalue weighted by Gasteiger charge is 2.04. The molecule has 3 nitrogen and oxygen atoms in total. The molecule has 0 N–H and O–H groups in total. The summed E-state index contributed by atoms with van der Waals surface area (Å²) >= 11 is 0. The van der Waals surface area contributed by atoms with E-state index in [4.69, 9.17) is 0 Å². The van der Waals surface area contributed by atoms with Crippen molar-refractivity contribution in [3.05, 3.63) is 11.8 Å². The second kappa shape index (κ2) is 15.3. The SMILES string of the molecule is O=CCCCCCCCCCCCCCCCC1=CC(=O)CC=N1. The summed E-state index contributed by atoms with van der Waals surface area (Å²) in [6, 6.07) is 0. The van der Waals surface area contributed by atoms with Crippen molar-refractivity contribution >= 4 is 18.3 Å². The molecule has 0 unspecified atom stereocenters. The fourth-order valence-corrected chi connectivity index (χ4v) is 3.15. The van der Waals surface area contributed by atoms with Crippen LogP contribution in [0, 0.1) is 0 Å². The fraction of sp³-hybridized carbons (Fsp3) is 0.762. The first-order valence-electron chi connectivity index (χ1n) is 10.0. The van der Waals surface area contributed by atoms with Crippen molar-refractivity contribution in [1.82, 2.24) is 0 Å². The topological polar surface area (TPSA) is 46.5 Å². The molecule has 0 saturated heterocycles. The van der Waals surface area contributed by atoms with Crippen molar-refractivity contribution in [2.45, 2.75) is 103 Å². The molecule has 0 amide bonds. The fourth-order valence-electron chi connectivity index (χ4n) is 3.15. The van der Waals surface area contributed by atoms with Gasteiger partial charge in [-0.3, -0.25) is 9.79 Å². The summed E-state index contributed by atoms with van der Waals surface area (Å²) in [7, 11) is 0. The quantitative estimate of drug-likeness (QED) is 0.258. The van der Waals surface area contributed by atoms with Gasteiger partial charge in [0, 0.05) is 30.8 Å². The minimum atomic E-state index is 0.195. The Bertz CT molecular complexity index is 399. The molecule has 1 heterocycles. The van der Waals surface area contributed by atoms with Crippen LogP contribution in [-0.4, -0.2) is 18.3 Å². The summed E-state index contributed by atoms with van der Waals surface area (Å²) in [5, 5.41) is 0. The van der Waals surface area contributed by atoms with Crippen LogP contribution >= 0.6 is 0 Å². The normalized spacial score (nSPS) is 14.0. The van der Waals surface area contributed by atoms with Crippen molar-refractivity contribution < 1.29 is 9.59 Å². The second-order valence-electron chi connectivity index (χ2n) is 6.92. The lowest BCUT2D eigenvalue weighted by molar-refractivity contribution is -0.113. The molecule has 1 aliphatic rings. The Morgan fingerprint density at radius 3 is 1.79 bits per heavy atom. The summed E-state index contributed by atoms with van der Waals surface area (Å²) in [4.78, 5) is 25.7. The molecule has 0 aromatic heterocycles. The van der Waals surface area contributed by atoms with Crippen LogP contribution in [0.15, 0.2) is 16.8 Å². The number of hydrogen-bond donors (Lipinski definition) is 0. The molecule has 1 aliphatic heterocycles. The first-order chi connectivity index (χ1) is 11.8. The number of aliphatic imine (C=N–C) groups is 1. The molecule has 1 rings (SSSR count). The lowest BCUT2D eigenvalue weighted by atomic mass is 10.0. The molecular weight excluding hydrogens is 298 g/mol. The van der Waals surface area contributed by atoms with Gasteiger partial charge in [0.15, 0.2) is 5.78 Å². The number of carbonyl (C=O) groups excluding carboxylic acids is 2. The summed E-state index contributed by atoms with van der Waals surface area (Å²) in [5.41, 5.74) is 0.970. The molecule has 0 spiro atoms. The summed E-state index contributed by atoms with van der Waals surface area (Å²) in [6.07, 6.45) is 23.4. The summed E-state index contributed by atoms with van der Waals surface area (Å²) < 4.78 is 0. The van der Waals surface area contributed by atoms with Gasteiger partial charge in [0.25, 0.3) is 0 Å². The highest BCUT2D eigenvalue weighted by Crippen LogP contribution is 2.16. The van der Waals surface area contributed by atoms with Crippen molar-refractivity contribution in [3.63, 3.8) is 0 Å². The number of nitrogens with zero attached hydrogens (tertiary/aromatic N) is 1. The van der Waals surface area contributed by atoms with Crippen molar-refractivity contribution in [3.8, 4) is 0 Å². The Labute approximate surface area is 148 Å². The Balaban J connectivity index is 1.75. The first-order valence-corrected chi connectivity index (χ1v) is 10.0. The van der Waals surface area contributed by atoms with E-state index in [1.807, 2.05) is 0 Å². The van der Waals surface area contributed by atoms with Gasteiger partial charge >= 0.3 is 0 Å². The lowest BCUT2D eigenvalue weighted by Crippen LogP contribution is -2.01. The van der Waals surface area contributed by atoms with E-state index >= 15 is 0 Å². The number of hydrogen-bond acceptors (Lipinski definition) is 3. The van der Waals surface area contributed by atoms with Crippen LogP contribution < -0.4 is 0 Å². The largest absolute Gasteiger partial charge is 0.303 e. The van der Waals surface area contributed by atoms with Crippen LogP contribution in [0.25, 0.3) is 0 Å². The van der Waals surface area contributed by atoms with Gasteiger partial charge in [0.2, 0.25) is 0 Å². The zero-order valence-electron chi connectivity index (χ0n) is 15.3. The van der Waals surface area contributed by atoms with Gasteiger partial charge in [0.05, 0.1) is 0 Å². The van der Waals surface area contributed by atoms with Crippen LogP contribution in [0.1, 0.15) is 103 Å². The number of ketones is 1. The molecule has 0 aromatic carbocycles. The van der Waals surface area contributed by atoms with E-state index in [0.717, 1.165) is 37.7 Å². The van der Waals surface area contributed by atoms with Gasteiger partial charge in [-0.2, -0.15) is 0 Å².